The minimum atomic E-state index is 0.00288. The molecule has 0 aromatic heterocycles. The Labute approximate surface area is 119 Å². The first kappa shape index (κ1) is 17.0. The minimum Gasteiger partial charge on any atom is -0.378 e. The molecule has 2 radical (unpaired) electrons. The fraction of sp³-hybridized carbons (Fsp3) is 1.00. The van der Waals surface area contributed by atoms with Gasteiger partial charge in [0.05, 0.1) is 38.9 Å². The molecule has 19 heavy (non-hydrogen) atoms. The number of hydrogen-bond donors (Lipinski definition) is 0. The van der Waals surface area contributed by atoms with Crippen LogP contribution < -0.4 is 0 Å². The predicted octanol–water partition coefficient (Wildman–Crippen LogP) is 2.98. The topological polar surface area (TPSA) is 27.7 Å². The minimum absolute atomic E-state index is 0.00288. The van der Waals surface area contributed by atoms with E-state index >= 15 is 0 Å². The van der Waals surface area contributed by atoms with Gasteiger partial charge in [-0.25, -0.2) is 0 Å². The standard InChI is InChI=1S/C15H29BO3/c1-6-7-17-15-13(16)8-12(9-18-10(2)3)14(15)19-11(4)5/h10-15H,6-9H2,1-5H3/t12-,13-,14?,15-/m1/s1. The summed E-state index contributed by atoms with van der Waals surface area (Å²) >= 11 is 0. The maximum atomic E-state index is 6.22. The van der Waals surface area contributed by atoms with Crippen molar-refractivity contribution in [1.82, 2.24) is 0 Å². The average Bonchev–Trinajstić information content (AvgIpc) is 2.60. The molecule has 1 unspecified atom stereocenters. The van der Waals surface area contributed by atoms with Crippen LogP contribution in [0.25, 0.3) is 0 Å². The van der Waals surface area contributed by atoms with Crippen LogP contribution in [0.3, 0.4) is 0 Å². The zero-order chi connectivity index (χ0) is 14.4. The van der Waals surface area contributed by atoms with Gasteiger partial charge in [-0.1, -0.05) is 6.92 Å². The zero-order valence-electron chi connectivity index (χ0n) is 13.1. The maximum absolute atomic E-state index is 6.22. The van der Waals surface area contributed by atoms with Crippen LogP contribution in [0.2, 0.25) is 5.82 Å². The SMILES string of the molecule is [B][C@@H]1C[C@H](COC(C)C)C(OC(C)C)[C@@H]1OCCC. The predicted molar refractivity (Wildman–Crippen MR) is 78.7 cm³/mol. The summed E-state index contributed by atoms with van der Waals surface area (Å²) in [5.74, 6) is 0.387. The van der Waals surface area contributed by atoms with E-state index in [9.17, 15) is 0 Å². The first-order valence-corrected chi connectivity index (χ1v) is 7.59. The molecular weight excluding hydrogens is 239 g/mol. The molecule has 1 rings (SSSR count). The highest BCUT2D eigenvalue weighted by Gasteiger charge is 2.42. The second-order valence-corrected chi connectivity index (χ2v) is 6.03. The van der Waals surface area contributed by atoms with Gasteiger partial charge in [0.2, 0.25) is 0 Å². The molecule has 0 N–H and O–H groups in total. The highest BCUT2D eigenvalue weighted by Crippen LogP contribution is 2.39. The van der Waals surface area contributed by atoms with Crippen LogP contribution in [-0.4, -0.2) is 45.5 Å². The van der Waals surface area contributed by atoms with Crippen molar-refractivity contribution in [2.45, 2.75) is 77.7 Å². The van der Waals surface area contributed by atoms with E-state index in [1.165, 1.54) is 0 Å². The van der Waals surface area contributed by atoms with Crippen LogP contribution in [0.15, 0.2) is 0 Å². The van der Waals surface area contributed by atoms with Gasteiger partial charge in [-0.05, 0) is 46.4 Å². The Morgan fingerprint density at radius 3 is 2.32 bits per heavy atom. The highest BCUT2D eigenvalue weighted by atomic mass is 16.5. The quantitative estimate of drug-likeness (QED) is 0.633. The molecular formula is C15H29BO3. The molecule has 0 spiro atoms. The summed E-state index contributed by atoms with van der Waals surface area (Å²) in [6.07, 6.45) is 2.41. The lowest BCUT2D eigenvalue weighted by Gasteiger charge is -2.28. The number of rotatable bonds is 8. The van der Waals surface area contributed by atoms with E-state index in [1.54, 1.807) is 0 Å². The van der Waals surface area contributed by atoms with Gasteiger partial charge in [-0.3, -0.25) is 0 Å². The first-order chi connectivity index (χ1) is 8.95. The van der Waals surface area contributed by atoms with E-state index in [-0.39, 0.29) is 30.2 Å². The Hall–Kier alpha value is -0.0551. The van der Waals surface area contributed by atoms with E-state index < -0.39 is 0 Å². The molecule has 4 heteroatoms. The van der Waals surface area contributed by atoms with Crippen molar-refractivity contribution in [2.75, 3.05) is 13.2 Å². The third-order valence-corrected chi connectivity index (χ3v) is 3.37. The molecule has 3 nitrogen and oxygen atoms in total. The molecule has 110 valence electrons. The van der Waals surface area contributed by atoms with Gasteiger partial charge in [-0.15, -0.1) is 0 Å². The molecule has 0 aromatic carbocycles. The molecule has 0 heterocycles. The maximum Gasteiger partial charge on any atom is 0.0885 e. The van der Waals surface area contributed by atoms with Gasteiger partial charge in [-0.2, -0.15) is 0 Å². The van der Waals surface area contributed by atoms with Crippen LogP contribution in [0.5, 0.6) is 0 Å². The van der Waals surface area contributed by atoms with Gasteiger partial charge < -0.3 is 14.2 Å². The Bertz CT molecular complexity index is 246. The van der Waals surface area contributed by atoms with Crippen LogP contribution >= 0.6 is 0 Å². The molecule has 1 aliphatic carbocycles. The van der Waals surface area contributed by atoms with Crippen LogP contribution in [-0.2, 0) is 14.2 Å². The Balaban J connectivity index is 2.63. The molecule has 1 aliphatic rings. The summed E-state index contributed by atoms with van der Waals surface area (Å²) in [5.41, 5.74) is 0. The third-order valence-electron chi connectivity index (χ3n) is 3.37. The molecule has 0 aromatic rings. The number of hydrogen-bond acceptors (Lipinski definition) is 3. The lowest BCUT2D eigenvalue weighted by atomic mass is 9.83. The van der Waals surface area contributed by atoms with Crippen molar-refractivity contribution in [3.63, 3.8) is 0 Å². The highest BCUT2D eigenvalue weighted by molar-refractivity contribution is 6.12. The first-order valence-electron chi connectivity index (χ1n) is 7.59. The van der Waals surface area contributed by atoms with Crippen LogP contribution in [0.4, 0.5) is 0 Å². The van der Waals surface area contributed by atoms with Crippen LogP contribution in [0, 0.1) is 5.92 Å². The molecule has 4 atom stereocenters. The van der Waals surface area contributed by atoms with E-state index in [0.29, 0.717) is 12.5 Å². The smallest absolute Gasteiger partial charge is 0.0885 e. The second-order valence-electron chi connectivity index (χ2n) is 6.03. The Morgan fingerprint density at radius 2 is 1.79 bits per heavy atom. The summed E-state index contributed by atoms with van der Waals surface area (Å²) < 4.78 is 17.7. The van der Waals surface area contributed by atoms with E-state index in [4.69, 9.17) is 22.1 Å². The summed E-state index contributed by atoms with van der Waals surface area (Å²) in [4.78, 5) is 0. The molecule has 1 saturated carbocycles. The summed E-state index contributed by atoms with van der Waals surface area (Å²) in [5, 5.41) is 0. The van der Waals surface area contributed by atoms with Gasteiger partial charge in [0.1, 0.15) is 0 Å². The van der Waals surface area contributed by atoms with Crippen molar-refractivity contribution in [3.05, 3.63) is 0 Å². The molecule has 0 bridgehead atoms. The van der Waals surface area contributed by atoms with E-state index in [0.717, 1.165) is 19.4 Å². The normalized spacial score (nSPS) is 31.5. The van der Waals surface area contributed by atoms with Gasteiger partial charge >= 0.3 is 0 Å². The molecule has 0 saturated heterocycles. The average molecular weight is 268 g/mol. The second kappa shape index (κ2) is 8.28. The fourth-order valence-corrected chi connectivity index (χ4v) is 2.58. The van der Waals surface area contributed by atoms with Crippen molar-refractivity contribution in [1.29, 1.82) is 0 Å². The largest absolute Gasteiger partial charge is 0.378 e. The van der Waals surface area contributed by atoms with E-state index in [2.05, 4.69) is 34.6 Å². The monoisotopic (exact) mass is 268 g/mol. The molecule has 1 fully saturated rings. The zero-order valence-corrected chi connectivity index (χ0v) is 13.1. The Morgan fingerprint density at radius 1 is 1.11 bits per heavy atom. The summed E-state index contributed by atoms with van der Waals surface area (Å²) in [6, 6.07) is 0. The number of ether oxygens (including phenoxy) is 3. The van der Waals surface area contributed by atoms with Crippen LogP contribution in [0.1, 0.15) is 47.5 Å². The van der Waals surface area contributed by atoms with Gasteiger partial charge in [0.15, 0.2) is 0 Å². The Kier molecular flexibility index (Phi) is 7.41. The van der Waals surface area contributed by atoms with Crippen molar-refractivity contribution < 1.29 is 14.2 Å². The molecule has 0 amide bonds. The van der Waals surface area contributed by atoms with Crippen molar-refractivity contribution in [2.24, 2.45) is 5.92 Å². The van der Waals surface area contributed by atoms with Crippen molar-refractivity contribution >= 4 is 7.85 Å². The van der Waals surface area contributed by atoms with Crippen molar-refractivity contribution in [3.8, 4) is 0 Å². The lowest BCUT2D eigenvalue weighted by molar-refractivity contribution is -0.105. The van der Waals surface area contributed by atoms with E-state index in [1.807, 2.05) is 0 Å². The van der Waals surface area contributed by atoms with Gasteiger partial charge in [0.25, 0.3) is 0 Å². The fourth-order valence-electron chi connectivity index (χ4n) is 2.58. The lowest BCUT2D eigenvalue weighted by Crippen LogP contribution is -2.36. The third kappa shape index (κ3) is 5.45. The summed E-state index contributed by atoms with van der Waals surface area (Å²) in [6.45, 7) is 11.8. The van der Waals surface area contributed by atoms with Gasteiger partial charge in [0, 0.05) is 12.5 Å². The molecule has 0 aliphatic heterocycles. The summed E-state index contributed by atoms with van der Waals surface area (Å²) in [7, 11) is 6.22.